The summed E-state index contributed by atoms with van der Waals surface area (Å²) >= 11 is 0. The van der Waals surface area contributed by atoms with Crippen molar-refractivity contribution in [1.82, 2.24) is 4.72 Å². The third-order valence-corrected chi connectivity index (χ3v) is 3.85. The van der Waals surface area contributed by atoms with Gasteiger partial charge in [-0.05, 0) is 31.0 Å². The minimum absolute atomic E-state index is 0.193. The van der Waals surface area contributed by atoms with Crippen molar-refractivity contribution in [2.75, 3.05) is 6.61 Å². The molecule has 0 heterocycles. The van der Waals surface area contributed by atoms with Crippen molar-refractivity contribution in [2.24, 2.45) is 0 Å². The van der Waals surface area contributed by atoms with Gasteiger partial charge in [-0.2, -0.15) is 0 Å². The number of rotatable bonds is 5. The Morgan fingerprint density at radius 2 is 2.12 bits per heavy atom. The van der Waals surface area contributed by atoms with Crippen LogP contribution in [0.5, 0.6) is 0 Å². The van der Waals surface area contributed by atoms with E-state index < -0.39 is 16.1 Å². The van der Waals surface area contributed by atoms with E-state index in [1.807, 2.05) is 19.9 Å². The molecule has 0 aliphatic carbocycles. The van der Waals surface area contributed by atoms with Gasteiger partial charge < -0.3 is 5.11 Å². The molecule has 0 amide bonds. The number of aliphatic hydroxyl groups is 1. The van der Waals surface area contributed by atoms with Gasteiger partial charge in [0.15, 0.2) is 0 Å². The molecule has 1 atom stereocenters. The average molecular weight is 243 g/mol. The highest BCUT2D eigenvalue weighted by Crippen LogP contribution is 2.11. The molecule has 0 bridgehead atoms. The van der Waals surface area contributed by atoms with Crippen LogP contribution < -0.4 is 4.72 Å². The molecule has 0 aliphatic heterocycles. The summed E-state index contributed by atoms with van der Waals surface area (Å²) in [4.78, 5) is 0.236. The molecule has 1 aromatic carbocycles. The number of hydrogen-bond acceptors (Lipinski definition) is 3. The van der Waals surface area contributed by atoms with Gasteiger partial charge in [0.2, 0.25) is 10.0 Å². The molecule has 0 saturated heterocycles. The Hall–Kier alpha value is -0.910. The van der Waals surface area contributed by atoms with E-state index in [1.54, 1.807) is 18.2 Å². The molecule has 0 saturated carbocycles. The molecule has 0 unspecified atom stereocenters. The number of nitrogens with one attached hydrogen (secondary N) is 1. The SMILES string of the molecule is CC[C@H](CO)NS(=O)(=O)c1cccc(C)c1. The molecule has 0 aromatic heterocycles. The third-order valence-electron chi connectivity index (χ3n) is 2.33. The Kier molecular flexibility index (Phi) is 4.46. The Balaban J connectivity index is 2.94. The number of aliphatic hydroxyl groups excluding tert-OH is 1. The van der Waals surface area contributed by atoms with E-state index in [9.17, 15) is 8.42 Å². The maximum Gasteiger partial charge on any atom is 0.240 e. The van der Waals surface area contributed by atoms with Gasteiger partial charge in [-0.1, -0.05) is 19.1 Å². The van der Waals surface area contributed by atoms with E-state index in [2.05, 4.69) is 4.72 Å². The molecule has 0 aliphatic rings. The lowest BCUT2D eigenvalue weighted by Crippen LogP contribution is -2.36. The number of hydrogen-bond donors (Lipinski definition) is 2. The van der Waals surface area contributed by atoms with E-state index >= 15 is 0 Å². The zero-order chi connectivity index (χ0) is 12.2. The number of benzene rings is 1. The van der Waals surface area contributed by atoms with Crippen LogP contribution in [0.3, 0.4) is 0 Å². The topological polar surface area (TPSA) is 66.4 Å². The van der Waals surface area contributed by atoms with Crippen LogP contribution in [0.1, 0.15) is 18.9 Å². The molecule has 1 aromatic rings. The highest BCUT2D eigenvalue weighted by molar-refractivity contribution is 7.89. The van der Waals surface area contributed by atoms with Crippen molar-refractivity contribution >= 4 is 10.0 Å². The second-order valence-corrected chi connectivity index (χ2v) is 5.44. The molecule has 4 nitrogen and oxygen atoms in total. The van der Waals surface area contributed by atoms with E-state index in [0.717, 1.165) is 5.56 Å². The third kappa shape index (κ3) is 3.30. The Labute approximate surface area is 96.4 Å². The largest absolute Gasteiger partial charge is 0.395 e. The first-order valence-electron chi connectivity index (χ1n) is 5.19. The van der Waals surface area contributed by atoms with Gasteiger partial charge in [-0.3, -0.25) is 0 Å². The van der Waals surface area contributed by atoms with Crippen molar-refractivity contribution < 1.29 is 13.5 Å². The molecular formula is C11H17NO3S. The fourth-order valence-electron chi connectivity index (χ4n) is 1.32. The van der Waals surface area contributed by atoms with Crippen molar-refractivity contribution in [2.45, 2.75) is 31.2 Å². The van der Waals surface area contributed by atoms with Gasteiger partial charge >= 0.3 is 0 Å². The summed E-state index contributed by atoms with van der Waals surface area (Å²) in [7, 11) is -3.52. The van der Waals surface area contributed by atoms with Crippen LogP contribution >= 0.6 is 0 Å². The van der Waals surface area contributed by atoms with Crippen molar-refractivity contribution in [1.29, 1.82) is 0 Å². The normalized spacial score (nSPS) is 13.7. The lowest BCUT2D eigenvalue weighted by Gasteiger charge is -2.14. The average Bonchev–Trinajstić information content (AvgIpc) is 2.26. The summed E-state index contributed by atoms with van der Waals surface area (Å²) in [5, 5.41) is 8.96. The molecule has 5 heteroatoms. The maximum atomic E-state index is 11.9. The van der Waals surface area contributed by atoms with E-state index in [-0.39, 0.29) is 11.5 Å². The van der Waals surface area contributed by atoms with Crippen molar-refractivity contribution in [3.05, 3.63) is 29.8 Å². The molecule has 0 spiro atoms. The van der Waals surface area contributed by atoms with Crippen LogP contribution in [0.2, 0.25) is 0 Å². The second-order valence-electron chi connectivity index (χ2n) is 3.73. The Morgan fingerprint density at radius 3 is 2.62 bits per heavy atom. The fraction of sp³-hybridized carbons (Fsp3) is 0.455. The summed E-state index contributed by atoms with van der Waals surface area (Å²) in [6.07, 6.45) is 0.557. The van der Waals surface area contributed by atoms with E-state index in [4.69, 9.17) is 5.11 Å². The smallest absolute Gasteiger partial charge is 0.240 e. The van der Waals surface area contributed by atoms with Crippen LogP contribution in [0, 0.1) is 6.92 Å². The lowest BCUT2D eigenvalue weighted by molar-refractivity contribution is 0.254. The molecule has 16 heavy (non-hydrogen) atoms. The number of sulfonamides is 1. The fourth-order valence-corrected chi connectivity index (χ4v) is 2.73. The van der Waals surface area contributed by atoms with Gasteiger partial charge in [0.05, 0.1) is 11.5 Å². The summed E-state index contributed by atoms with van der Waals surface area (Å²) in [5.74, 6) is 0. The first-order chi connectivity index (χ1) is 7.49. The predicted molar refractivity (Wildman–Crippen MR) is 62.7 cm³/mol. The van der Waals surface area contributed by atoms with Crippen LogP contribution in [-0.4, -0.2) is 26.2 Å². The summed E-state index contributed by atoms with van der Waals surface area (Å²) in [6, 6.07) is 6.25. The van der Waals surface area contributed by atoms with Crippen molar-refractivity contribution in [3.8, 4) is 0 Å². The second kappa shape index (κ2) is 5.43. The summed E-state index contributed by atoms with van der Waals surface area (Å²) in [6.45, 7) is 3.46. The predicted octanol–water partition coefficient (Wildman–Crippen LogP) is 1.04. The first kappa shape index (κ1) is 13.2. The van der Waals surface area contributed by atoms with Gasteiger partial charge in [0.25, 0.3) is 0 Å². The highest BCUT2D eigenvalue weighted by atomic mass is 32.2. The monoisotopic (exact) mass is 243 g/mol. The Morgan fingerprint density at radius 1 is 1.44 bits per heavy atom. The minimum Gasteiger partial charge on any atom is -0.395 e. The van der Waals surface area contributed by atoms with Gasteiger partial charge in [0.1, 0.15) is 0 Å². The standard InChI is InChI=1S/C11H17NO3S/c1-3-10(8-13)12-16(14,15)11-6-4-5-9(2)7-11/h4-7,10,12-13H,3,8H2,1-2H3/t10-/m1/s1. The zero-order valence-electron chi connectivity index (χ0n) is 9.47. The minimum atomic E-state index is -3.52. The summed E-state index contributed by atoms with van der Waals surface area (Å²) < 4.78 is 26.2. The molecule has 0 fully saturated rings. The van der Waals surface area contributed by atoms with Gasteiger partial charge in [0, 0.05) is 6.04 Å². The molecule has 2 N–H and O–H groups in total. The van der Waals surface area contributed by atoms with E-state index in [1.165, 1.54) is 0 Å². The van der Waals surface area contributed by atoms with E-state index in [0.29, 0.717) is 6.42 Å². The zero-order valence-corrected chi connectivity index (χ0v) is 10.3. The number of aryl methyl sites for hydroxylation is 1. The molecule has 0 radical (unpaired) electrons. The maximum absolute atomic E-state index is 11.9. The lowest BCUT2D eigenvalue weighted by atomic mass is 10.2. The summed E-state index contributed by atoms with van der Waals surface area (Å²) in [5.41, 5.74) is 0.889. The highest BCUT2D eigenvalue weighted by Gasteiger charge is 2.18. The van der Waals surface area contributed by atoms with Crippen LogP contribution in [-0.2, 0) is 10.0 Å². The molecule has 90 valence electrons. The van der Waals surface area contributed by atoms with Crippen LogP contribution in [0.25, 0.3) is 0 Å². The van der Waals surface area contributed by atoms with Gasteiger partial charge in [-0.15, -0.1) is 0 Å². The first-order valence-corrected chi connectivity index (χ1v) is 6.67. The molecular weight excluding hydrogens is 226 g/mol. The van der Waals surface area contributed by atoms with Crippen LogP contribution in [0.4, 0.5) is 0 Å². The van der Waals surface area contributed by atoms with Crippen LogP contribution in [0.15, 0.2) is 29.2 Å². The Bertz CT molecular complexity index is 438. The quantitative estimate of drug-likeness (QED) is 0.812. The van der Waals surface area contributed by atoms with Gasteiger partial charge in [-0.25, -0.2) is 13.1 Å². The molecule has 1 rings (SSSR count). The van der Waals surface area contributed by atoms with Crippen molar-refractivity contribution in [3.63, 3.8) is 0 Å².